The van der Waals surface area contributed by atoms with Crippen LogP contribution >= 0.6 is 11.6 Å². The second kappa shape index (κ2) is 8.50. The second-order valence-corrected chi connectivity index (χ2v) is 6.85. The van der Waals surface area contributed by atoms with Crippen molar-refractivity contribution in [3.63, 3.8) is 0 Å². The highest BCUT2D eigenvalue weighted by Crippen LogP contribution is 2.29. The Morgan fingerprint density at radius 1 is 1.16 bits per heavy atom. The maximum Gasteiger partial charge on any atom is 0.310 e. The standard InChI is InChI=1S/C19H22ClNO4/c20-13-7-9-14(10-8-13)21-18(22)16-5-1-2-6-17(16)19(23)25-12-15-4-3-11-24-15/h1-2,7-10,15-17H,3-6,11-12H2,(H,21,22)/t15-,16+,17+/m0/s1. The Morgan fingerprint density at radius 2 is 1.88 bits per heavy atom. The number of nitrogens with one attached hydrogen (secondary N) is 1. The van der Waals surface area contributed by atoms with Crippen molar-refractivity contribution < 1.29 is 19.1 Å². The summed E-state index contributed by atoms with van der Waals surface area (Å²) in [5, 5.41) is 3.46. The van der Waals surface area contributed by atoms with Gasteiger partial charge in [-0.3, -0.25) is 9.59 Å². The molecule has 1 N–H and O–H groups in total. The van der Waals surface area contributed by atoms with E-state index in [1.54, 1.807) is 24.3 Å². The molecule has 6 heteroatoms. The quantitative estimate of drug-likeness (QED) is 0.641. The summed E-state index contributed by atoms with van der Waals surface area (Å²) in [7, 11) is 0. The highest BCUT2D eigenvalue weighted by atomic mass is 35.5. The van der Waals surface area contributed by atoms with Crippen molar-refractivity contribution in [2.24, 2.45) is 11.8 Å². The number of rotatable bonds is 5. The van der Waals surface area contributed by atoms with Crippen LogP contribution in [0.1, 0.15) is 25.7 Å². The monoisotopic (exact) mass is 363 g/mol. The Morgan fingerprint density at radius 3 is 2.56 bits per heavy atom. The van der Waals surface area contributed by atoms with Crippen molar-refractivity contribution in [1.82, 2.24) is 0 Å². The van der Waals surface area contributed by atoms with Crippen molar-refractivity contribution in [3.05, 3.63) is 41.4 Å². The summed E-state index contributed by atoms with van der Waals surface area (Å²) in [4.78, 5) is 25.1. The average molecular weight is 364 g/mol. The van der Waals surface area contributed by atoms with Crippen molar-refractivity contribution in [3.8, 4) is 0 Å². The lowest BCUT2D eigenvalue weighted by Gasteiger charge is -2.26. The maximum atomic E-state index is 12.6. The van der Waals surface area contributed by atoms with Crippen LogP contribution in [-0.2, 0) is 19.1 Å². The molecule has 1 amide bonds. The first-order valence-electron chi connectivity index (χ1n) is 8.63. The van der Waals surface area contributed by atoms with Crippen molar-refractivity contribution in [1.29, 1.82) is 0 Å². The van der Waals surface area contributed by atoms with E-state index in [9.17, 15) is 9.59 Å². The van der Waals surface area contributed by atoms with Gasteiger partial charge in [0.15, 0.2) is 0 Å². The van der Waals surface area contributed by atoms with Crippen LogP contribution in [0.5, 0.6) is 0 Å². The minimum Gasteiger partial charge on any atom is -0.463 e. The Labute approximate surface area is 152 Å². The van der Waals surface area contributed by atoms with Gasteiger partial charge in [0.05, 0.1) is 17.9 Å². The Hall–Kier alpha value is -1.85. The number of ether oxygens (including phenoxy) is 2. The van der Waals surface area contributed by atoms with E-state index < -0.39 is 11.8 Å². The van der Waals surface area contributed by atoms with Gasteiger partial charge in [-0.2, -0.15) is 0 Å². The van der Waals surface area contributed by atoms with Gasteiger partial charge in [0.2, 0.25) is 5.91 Å². The molecule has 1 aliphatic carbocycles. The Bertz CT molecular complexity index is 637. The van der Waals surface area contributed by atoms with Gasteiger partial charge in [-0.15, -0.1) is 0 Å². The largest absolute Gasteiger partial charge is 0.463 e. The second-order valence-electron chi connectivity index (χ2n) is 6.42. The number of anilines is 1. The molecule has 0 radical (unpaired) electrons. The first-order chi connectivity index (χ1) is 12.1. The normalized spacial score (nSPS) is 25.6. The fourth-order valence-corrected chi connectivity index (χ4v) is 3.32. The molecule has 1 aromatic carbocycles. The zero-order valence-electron chi connectivity index (χ0n) is 13.9. The molecule has 1 aromatic rings. The van der Waals surface area contributed by atoms with Gasteiger partial charge in [-0.25, -0.2) is 0 Å². The van der Waals surface area contributed by atoms with E-state index >= 15 is 0 Å². The van der Waals surface area contributed by atoms with E-state index in [1.165, 1.54) is 0 Å². The van der Waals surface area contributed by atoms with Crippen LogP contribution in [0.4, 0.5) is 5.69 Å². The van der Waals surface area contributed by atoms with Crippen LogP contribution in [-0.4, -0.2) is 31.2 Å². The number of amides is 1. The molecule has 5 nitrogen and oxygen atoms in total. The molecular formula is C19H22ClNO4. The fraction of sp³-hybridized carbons (Fsp3) is 0.474. The molecule has 0 spiro atoms. The van der Waals surface area contributed by atoms with E-state index in [2.05, 4.69) is 5.32 Å². The van der Waals surface area contributed by atoms with Gasteiger partial charge in [-0.05, 0) is 49.9 Å². The number of hydrogen-bond donors (Lipinski definition) is 1. The van der Waals surface area contributed by atoms with E-state index in [-0.39, 0.29) is 24.6 Å². The molecule has 1 heterocycles. The summed E-state index contributed by atoms with van der Waals surface area (Å²) in [6.45, 7) is 0.991. The molecule has 1 aliphatic heterocycles. The minimum absolute atomic E-state index is 0.00979. The van der Waals surface area contributed by atoms with Gasteiger partial charge < -0.3 is 14.8 Å². The number of esters is 1. The maximum absolute atomic E-state index is 12.6. The summed E-state index contributed by atoms with van der Waals surface area (Å²) in [5.41, 5.74) is 0.662. The third-order valence-corrected chi connectivity index (χ3v) is 4.87. The molecular weight excluding hydrogens is 342 g/mol. The lowest BCUT2D eigenvalue weighted by molar-refractivity contribution is -0.155. The van der Waals surface area contributed by atoms with Crippen LogP contribution < -0.4 is 5.32 Å². The van der Waals surface area contributed by atoms with Gasteiger partial charge >= 0.3 is 5.97 Å². The summed E-state index contributed by atoms with van der Waals surface area (Å²) in [6.07, 6.45) is 6.82. The minimum atomic E-state index is -0.460. The van der Waals surface area contributed by atoms with Crippen LogP contribution in [0, 0.1) is 11.8 Å². The summed E-state index contributed by atoms with van der Waals surface area (Å²) < 4.78 is 10.9. The number of halogens is 1. The van der Waals surface area contributed by atoms with E-state index in [0.717, 1.165) is 19.4 Å². The lowest BCUT2D eigenvalue weighted by Crippen LogP contribution is -2.36. The fourth-order valence-electron chi connectivity index (χ4n) is 3.19. The van der Waals surface area contributed by atoms with E-state index in [1.807, 2.05) is 12.2 Å². The first kappa shape index (κ1) is 18.0. The van der Waals surface area contributed by atoms with Crippen LogP contribution in [0.2, 0.25) is 5.02 Å². The molecule has 0 unspecified atom stereocenters. The van der Waals surface area contributed by atoms with E-state index in [4.69, 9.17) is 21.1 Å². The Kier molecular flexibility index (Phi) is 6.10. The number of carbonyl (C=O) groups is 2. The third-order valence-electron chi connectivity index (χ3n) is 4.62. The number of carbonyl (C=O) groups excluding carboxylic acids is 2. The van der Waals surface area contributed by atoms with Gasteiger partial charge in [0.1, 0.15) is 6.61 Å². The molecule has 134 valence electrons. The SMILES string of the molecule is O=C(Nc1ccc(Cl)cc1)[C@@H]1CC=CC[C@H]1C(=O)OC[C@@H]1CCCO1. The van der Waals surface area contributed by atoms with Crippen LogP contribution in [0.15, 0.2) is 36.4 Å². The van der Waals surface area contributed by atoms with Crippen LogP contribution in [0.25, 0.3) is 0 Å². The zero-order chi connectivity index (χ0) is 17.6. The van der Waals surface area contributed by atoms with Crippen molar-refractivity contribution >= 4 is 29.2 Å². The van der Waals surface area contributed by atoms with E-state index in [0.29, 0.717) is 23.6 Å². The first-order valence-corrected chi connectivity index (χ1v) is 9.01. The zero-order valence-corrected chi connectivity index (χ0v) is 14.7. The highest BCUT2D eigenvalue weighted by Gasteiger charge is 2.35. The topological polar surface area (TPSA) is 64.6 Å². The number of hydrogen-bond acceptors (Lipinski definition) is 4. The average Bonchev–Trinajstić information content (AvgIpc) is 3.15. The molecule has 2 aliphatic rings. The molecule has 1 saturated heterocycles. The summed E-state index contributed by atoms with van der Waals surface area (Å²) in [5.74, 6) is -1.39. The number of allylic oxidation sites excluding steroid dienone is 2. The van der Waals surface area contributed by atoms with Crippen molar-refractivity contribution in [2.75, 3.05) is 18.5 Å². The van der Waals surface area contributed by atoms with Gasteiger partial charge in [0, 0.05) is 17.3 Å². The summed E-state index contributed by atoms with van der Waals surface area (Å²) >= 11 is 5.86. The molecule has 3 atom stereocenters. The molecule has 1 fully saturated rings. The predicted molar refractivity (Wildman–Crippen MR) is 95.4 cm³/mol. The molecule has 3 rings (SSSR count). The van der Waals surface area contributed by atoms with Crippen LogP contribution in [0.3, 0.4) is 0 Å². The highest BCUT2D eigenvalue weighted by molar-refractivity contribution is 6.30. The van der Waals surface area contributed by atoms with Gasteiger partial charge in [-0.1, -0.05) is 23.8 Å². The number of benzene rings is 1. The third kappa shape index (κ3) is 4.83. The lowest BCUT2D eigenvalue weighted by atomic mass is 9.82. The van der Waals surface area contributed by atoms with Gasteiger partial charge in [0.25, 0.3) is 0 Å². The summed E-state index contributed by atoms with van der Waals surface area (Å²) in [6, 6.07) is 6.91. The predicted octanol–water partition coefficient (Wildman–Crippen LogP) is 3.58. The molecule has 25 heavy (non-hydrogen) atoms. The molecule has 0 aromatic heterocycles. The molecule has 0 bridgehead atoms. The smallest absolute Gasteiger partial charge is 0.310 e. The molecule has 0 saturated carbocycles. The Balaban J connectivity index is 1.59. The van der Waals surface area contributed by atoms with Crippen molar-refractivity contribution in [2.45, 2.75) is 31.8 Å².